The number of aliphatic hydroxyl groups is 2. The Morgan fingerprint density at radius 1 is 1.24 bits per heavy atom. The standard InChI is InChI=1S/C24H28N2O7/c1-2-31-14-20(28)26(12-15-7-10-32-13-15)18-11-17(24(30)25-8-9-27)21-16-5-3-4-6-19(16)33-23(21)22(18)29/h3-7,10-11,13,18,21-23,27,29H,2,8-9,12,14H2,1H3,(H,25,30). The van der Waals surface area contributed by atoms with Gasteiger partial charge in [0, 0.05) is 36.4 Å². The van der Waals surface area contributed by atoms with Crippen molar-refractivity contribution in [3.63, 3.8) is 0 Å². The molecule has 0 spiro atoms. The number of hydrogen-bond acceptors (Lipinski definition) is 7. The maximum Gasteiger partial charge on any atom is 0.249 e. The lowest BCUT2D eigenvalue weighted by atomic mass is 9.77. The molecule has 2 aliphatic rings. The molecule has 1 aromatic carbocycles. The first-order chi connectivity index (χ1) is 16.0. The van der Waals surface area contributed by atoms with Crippen molar-refractivity contribution in [2.45, 2.75) is 37.6 Å². The Hall–Kier alpha value is -3.14. The SMILES string of the molecule is CCOCC(=O)N(Cc1ccoc1)C1C=C(C(=O)NCCO)C2c3ccccc3OC2C1O. The van der Waals surface area contributed by atoms with Crippen LogP contribution in [-0.2, 0) is 20.9 Å². The van der Waals surface area contributed by atoms with Crippen molar-refractivity contribution in [3.8, 4) is 5.75 Å². The third kappa shape index (κ3) is 4.66. The lowest BCUT2D eigenvalue weighted by Crippen LogP contribution is -2.56. The predicted molar refractivity (Wildman–Crippen MR) is 117 cm³/mol. The number of nitrogens with zero attached hydrogens (tertiary/aromatic N) is 1. The molecule has 0 fully saturated rings. The molecule has 3 N–H and O–H groups in total. The second-order valence-electron chi connectivity index (χ2n) is 7.97. The van der Waals surface area contributed by atoms with Crippen molar-refractivity contribution in [1.82, 2.24) is 10.2 Å². The molecule has 1 aromatic heterocycles. The number of hydrogen-bond donors (Lipinski definition) is 3. The summed E-state index contributed by atoms with van der Waals surface area (Å²) in [6, 6.07) is 8.23. The largest absolute Gasteiger partial charge is 0.486 e. The summed E-state index contributed by atoms with van der Waals surface area (Å²) in [7, 11) is 0. The van der Waals surface area contributed by atoms with Gasteiger partial charge in [0.1, 0.15) is 24.6 Å². The summed E-state index contributed by atoms with van der Waals surface area (Å²) in [5, 5.41) is 23.2. The topological polar surface area (TPSA) is 121 Å². The third-order valence-corrected chi connectivity index (χ3v) is 5.92. The van der Waals surface area contributed by atoms with E-state index in [4.69, 9.17) is 19.0 Å². The highest BCUT2D eigenvalue weighted by Gasteiger charge is 2.50. The van der Waals surface area contributed by atoms with Crippen molar-refractivity contribution in [1.29, 1.82) is 0 Å². The van der Waals surface area contributed by atoms with Gasteiger partial charge in [-0.25, -0.2) is 0 Å². The number of aliphatic hydroxyl groups excluding tert-OH is 2. The van der Waals surface area contributed by atoms with Crippen LogP contribution in [0, 0.1) is 0 Å². The Bertz CT molecular complexity index is 1000. The molecule has 1 aliphatic heterocycles. The van der Waals surface area contributed by atoms with E-state index in [0.717, 1.165) is 11.1 Å². The molecule has 1 aliphatic carbocycles. The van der Waals surface area contributed by atoms with Crippen molar-refractivity contribution < 1.29 is 33.7 Å². The number of nitrogens with one attached hydrogen (secondary N) is 1. The van der Waals surface area contributed by atoms with Crippen molar-refractivity contribution in [3.05, 3.63) is 65.6 Å². The molecule has 9 heteroatoms. The summed E-state index contributed by atoms with van der Waals surface area (Å²) in [4.78, 5) is 27.6. The second kappa shape index (κ2) is 10.2. The number of fused-ring (bicyclic) bond motifs is 3. The van der Waals surface area contributed by atoms with Gasteiger partial charge in [-0.15, -0.1) is 0 Å². The van der Waals surface area contributed by atoms with Crippen LogP contribution in [0.25, 0.3) is 0 Å². The molecule has 0 saturated carbocycles. The van der Waals surface area contributed by atoms with Crippen LogP contribution < -0.4 is 10.1 Å². The summed E-state index contributed by atoms with van der Waals surface area (Å²) >= 11 is 0. The van der Waals surface area contributed by atoms with Gasteiger partial charge in [0.25, 0.3) is 0 Å². The van der Waals surface area contributed by atoms with Gasteiger partial charge in [-0.05, 0) is 25.1 Å². The summed E-state index contributed by atoms with van der Waals surface area (Å²) in [6.45, 7) is 2.05. The molecule has 0 saturated heterocycles. The van der Waals surface area contributed by atoms with Gasteiger partial charge in [0.2, 0.25) is 11.8 Å². The van der Waals surface area contributed by atoms with Crippen LogP contribution in [0.4, 0.5) is 0 Å². The molecule has 0 radical (unpaired) electrons. The fraction of sp³-hybridized carbons (Fsp3) is 0.417. The molecule has 0 bridgehead atoms. The average Bonchev–Trinajstić information content (AvgIpc) is 3.48. The number of carbonyl (C=O) groups excluding carboxylic acids is 2. The quantitative estimate of drug-likeness (QED) is 0.514. The van der Waals surface area contributed by atoms with Gasteiger partial charge in [0.05, 0.1) is 31.1 Å². The van der Waals surface area contributed by atoms with Crippen LogP contribution in [0.5, 0.6) is 5.75 Å². The Labute approximate surface area is 191 Å². The zero-order chi connectivity index (χ0) is 23.4. The average molecular weight is 456 g/mol. The Morgan fingerprint density at radius 3 is 2.79 bits per heavy atom. The maximum absolute atomic E-state index is 13.1. The van der Waals surface area contributed by atoms with Gasteiger partial charge in [0.15, 0.2) is 0 Å². The molecule has 2 heterocycles. The van der Waals surface area contributed by atoms with Crippen LogP contribution in [-0.4, -0.2) is 71.5 Å². The van der Waals surface area contributed by atoms with Gasteiger partial charge in [-0.2, -0.15) is 0 Å². The zero-order valence-electron chi connectivity index (χ0n) is 18.3. The molecule has 2 aromatic rings. The highest BCUT2D eigenvalue weighted by Crippen LogP contribution is 2.47. The zero-order valence-corrected chi connectivity index (χ0v) is 18.3. The molecular weight excluding hydrogens is 428 g/mol. The van der Waals surface area contributed by atoms with Crippen LogP contribution >= 0.6 is 0 Å². The summed E-state index contributed by atoms with van der Waals surface area (Å²) < 4.78 is 16.6. The predicted octanol–water partition coefficient (Wildman–Crippen LogP) is 0.967. The van der Waals surface area contributed by atoms with Gasteiger partial charge in [-0.3, -0.25) is 9.59 Å². The first kappa shape index (κ1) is 23.0. The number of amides is 2. The maximum atomic E-state index is 13.1. The molecule has 33 heavy (non-hydrogen) atoms. The Kier molecular flexibility index (Phi) is 7.12. The molecule has 176 valence electrons. The highest BCUT2D eigenvalue weighted by atomic mass is 16.5. The number of para-hydroxylation sites is 1. The minimum atomic E-state index is -1.09. The van der Waals surface area contributed by atoms with Crippen LogP contribution in [0.1, 0.15) is 24.0 Å². The normalized spacial score (nSPS) is 23.2. The molecule has 4 atom stereocenters. The number of rotatable bonds is 9. The van der Waals surface area contributed by atoms with Gasteiger partial charge >= 0.3 is 0 Å². The van der Waals surface area contributed by atoms with E-state index < -0.39 is 24.2 Å². The summed E-state index contributed by atoms with van der Waals surface area (Å²) in [6.07, 6.45) is 2.83. The third-order valence-electron chi connectivity index (χ3n) is 5.92. The number of furan rings is 1. The Morgan fingerprint density at radius 2 is 2.06 bits per heavy atom. The number of ether oxygens (including phenoxy) is 2. The molecular formula is C24H28N2O7. The fourth-order valence-corrected chi connectivity index (χ4v) is 4.40. The first-order valence-electron chi connectivity index (χ1n) is 11.0. The summed E-state index contributed by atoms with van der Waals surface area (Å²) in [5.74, 6) is -0.613. The van der Waals surface area contributed by atoms with Crippen LogP contribution in [0.3, 0.4) is 0 Å². The van der Waals surface area contributed by atoms with Crippen molar-refractivity contribution in [2.24, 2.45) is 0 Å². The number of carbonyl (C=O) groups is 2. The Balaban J connectivity index is 1.73. The molecule has 2 amide bonds. The van der Waals surface area contributed by atoms with Crippen LogP contribution in [0.15, 0.2) is 58.9 Å². The van der Waals surface area contributed by atoms with E-state index in [9.17, 15) is 14.7 Å². The lowest BCUT2D eigenvalue weighted by Gasteiger charge is -2.40. The van der Waals surface area contributed by atoms with Crippen LogP contribution in [0.2, 0.25) is 0 Å². The van der Waals surface area contributed by atoms with E-state index in [1.54, 1.807) is 25.1 Å². The van der Waals surface area contributed by atoms with E-state index in [2.05, 4.69) is 5.32 Å². The van der Waals surface area contributed by atoms with Crippen molar-refractivity contribution in [2.75, 3.05) is 26.4 Å². The second-order valence-corrected chi connectivity index (χ2v) is 7.97. The fourth-order valence-electron chi connectivity index (χ4n) is 4.40. The molecule has 4 rings (SSSR count). The van der Waals surface area contributed by atoms with Crippen molar-refractivity contribution >= 4 is 11.8 Å². The first-order valence-corrected chi connectivity index (χ1v) is 11.0. The monoisotopic (exact) mass is 456 g/mol. The van der Waals surface area contributed by atoms with Gasteiger partial charge in [-0.1, -0.05) is 18.2 Å². The minimum Gasteiger partial charge on any atom is -0.486 e. The minimum absolute atomic E-state index is 0.0886. The highest BCUT2D eigenvalue weighted by molar-refractivity contribution is 5.96. The van der Waals surface area contributed by atoms with E-state index in [1.165, 1.54) is 17.4 Å². The smallest absolute Gasteiger partial charge is 0.249 e. The lowest BCUT2D eigenvalue weighted by molar-refractivity contribution is -0.142. The number of benzene rings is 1. The van der Waals surface area contributed by atoms with Gasteiger partial charge < -0.3 is 34.3 Å². The van der Waals surface area contributed by atoms with E-state index >= 15 is 0 Å². The van der Waals surface area contributed by atoms with E-state index in [0.29, 0.717) is 17.9 Å². The molecule has 9 nitrogen and oxygen atoms in total. The summed E-state index contributed by atoms with van der Waals surface area (Å²) in [5.41, 5.74) is 1.92. The molecule has 4 unspecified atom stereocenters. The van der Waals surface area contributed by atoms with E-state index in [1.807, 2.05) is 18.2 Å². The van der Waals surface area contributed by atoms with E-state index in [-0.39, 0.29) is 38.1 Å².